The molecule has 0 saturated heterocycles. The van der Waals surface area contributed by atoms with E-state index in [1.54, 1.807) is 0 Å². The van der Waals surface area contributed by atoms with E-state index < -0.39 is 0 Å². The topological polar surface area (TPSA) is 0 Å². The molecule has 1 heteroatoms. The van der Waals surface area contributed by atoms with Gasteiger partial charge in [0.25, 0.3) is 0 Å². The van der Waals surface area contributed by atoms with Crippen LogP contribution >= 0.6 is 0 Å². The van der Waals surface area contributed by atoms with E-state index in [0.29, 0.717) is 5.92 Å². The van der Waals surface area contributed by atoms with E-state index in [1.807, 2.05) is 30.3 Å². The normalized spacial score (nSPS) is 13.2. The fourth-order valence-electron chi connectivity index (χ4n) is 5.31. The van der Waals surface area contributed by atoms with E-state index in [2.05, 4.69) is 142 Å². The van der Waals surface area contributed by atoms with Gasteiger partial charge in [-0.25, -0.2) is 12.1 Å². The Morgan fingerprint density at radius 1 is 0.750 bits per heavy atom. The van der Waals surface area contributed by atoms with Gasteiger partial charge in [0.1, 0.15) is 0 Å². The summed E-state index contributed by atoms with van der Waals surface area (Å²) in [5, 5.41) is 5.48. The second kappa shape index (κ2) is 17.2. The van der Waals surface area contributed by atoms with Crippen molar-refractivity contribution >= 4 is 21.5 Å². The maximum Gasteiger partial charge on any atom is 4.00 e. The summed E-state index contributed by atoms with van der Waals surface area (Å²) in [7, 11) is 0. The average Bonchev–Trinajstić information content (AvgIpc) is 3.75. The zero-order chi connectivity index (χ0) is 31.6. The molecule has 0 spiro atoms. The average molecular weight is 749 g/mol. The Morgan fingerprint density at radius 2 is 1.20 bits per heavy atom. The first kappa shape index (κ1) is 37.5. The van der Waals surface area contributed by atoms with Gasteiger partial charge in [0.05, 0.1) is 0 Å². The van der Waals surface area contributed by atoms with Crippen LogP contribution in [0.1, 0.15) is 109 Å². The molecule has 5 aromatic rings. The van der Waals surface area contributed by atoms with Crippen molar-refractivity contribution in [3.05, 3.63) is 139 Å². The molecule has 44 heavy (non-hydrogen) atoms. The van der Waals surface area contributed by atoms with Crippen molar-refractivity contribution < 1.29 is 25.8 Å². The third-order valence-corrected chi connectivity index (χ3v) is 8.28. The van der Waals surface area contributed by atoms with Crippen LogP contribution in [0.2, 0.25) is 0 Å². The number of fused-ring (bicyclic) bond motifs is 3. The van der Waals surface area contributed by atoms with Crippen LogP contribution in [0.15, 0.2) is 104 Å². The molecule has 230 valence electrons. The zero-order valence-electron chi connectivity index (χ0n) is 28.6. The minimum Gasteiger partial charge on any atom is -0.501 e. The van der Waals surface area contributed by atoms with Gasteiger partial charge in [0.2, 0.25) is 0 Å². The van der Waals surface area contributed by atoms with E-state index in [1.165, 1.54) is 63.9 Å². The maximum absolute atomic E-state index is 3.82. The van der Waals surface area contributed by atoms with Gasteiger partial charge in [-0.15, -0.1) is 51.9 Å². The van der Waals surface area contributed by atoms with Crippen molar-refractivity contribution in [2.45, 2.75) is 97.8 Å². The molecule has 0 heterocycles. The summed E-state index contributed by atoms with van der Waals surface area (Å²) >= 11 is 0. The largest absolute Gasteiger partial charge is 4.00 e. The zero-order valence-corrected chi connectivity index (χ0v) is 32.2. The van der Waals surface area contributed by atoms with Gasteiger partial charge >= 0.3 is 25.8 Å². The standard InChI is InChI=1S/C21H25.C10H13.C7H11.C5H5.Hf/c1-20(2,3)16-7-9-18-14(12-16)11-15-13-17(21(4,5)6)8-10-19(15)18;1-8(2)10-6-4-9(3)5-7-10;1-2-7-5-3-4-6-7;1-2-4-5-3-1;/h7-13H,1-6H3;4-8H,3H2,1-2H3;7H,1,3-6H2;1-5H;/q4*-1;+4. The van der Waals surface area contributed by atoms with Gasteiger partial charge in [-0.1, -0.05) is 122 Å². The molecule has 0 radical (unpaired) electrons. The van der Waals surface area contributed by atoms with E-state index in [-0.39, 0.29) is 36.7 Å². The number of benzene rings is 3. The molecule has 0 aliphatic heterocycles. The van der Waals surface area contributed by atoms with Gasteiger partial charge in [0, 0.05) is 0 Å². The summed E-state index contributed by atoms with van der Waals surface area (Å²) in [4.78, 5) is 0. The van der Waals surface area contributed by atoms with Crippen molar-refractivity contribution in [1.82, 2.24) is 0 Å². The first-order valence-corrected chi connectivity index (χ1v) is 16.0. The quantitative estimate of drug-likeness (QED) is 0.125. The Kier molecular flexibility index (Phi) is 14.6. The maximum atomic E-state index is 3.82. The van der Waals surface area contributed by atoms with Gasteiger partial charge < -0.3 is 6.08 Å². The summed E-state index contributed by atoms with van der Waals surface area (Å²) < 4.78 is 0. The Labute approximate surface area is 288 Å². The van der Waals surface area contributed by atoms with Gasteiger partial charge in [-0.3, -0.25) is 6.58 Å². The molecule has 1 saturated carbocycles. The molecule has 0 nitrogen and oxygen atoms in total. The van der Waals surface area contributed by atoms with Crippen LogP contribution < -0.4 is 0 Å². The van der Waals surface area contributed by atoms with Crippen molar-refractivity contribution in [2.75, 3.05) is 0 Å². The fraction of sp³-hybridized carbons (Fsp3) is 0.372. The predicted molar refractivity (Wildman–Crippen MR) is 192 cm³/mol. The van der Waals surface area contributed by atoms with Gasteiger partial charge in [-0.2, -0.15) is 48.7 Å². The van der Waals surface area contributed by atoms with Crippen molar-refractivity contribution in [3.63, 3.8) is 0 Å². The van der Waals surface area contributed by atoms with Crippen LogP contribution in [-0.4, -0.2) is 0 Å². The Balaban J connectivity index is 0.000000242. The molecule has 0 amide bonds. The van der Waals surface area contributed by atoms with Gasteiger partial charge in [0.15, 0.2) is 0 Å². The van der Waals surface area contributed by atoms with Crippen LogP contribution in [0.25, 0.3) is 21.5 Å². The van der Waals surface area contributed by atoms with Gasteiger partial charge in [-0.05, 0) is 16.7 Å². The second-order valence-corrected chi connectivity index (χ2v) is 14.3. The molecule has 1 aliphatic carbocycles. The predicted octanol–water partition coefficient (Wildman–Crippen LogP) is 12.9. The van der Waals surface area contributed by atoms with Crippen LogP contribution in [-0.2, 0) is 36.7 Å². The van der Waals surface area contributed by atoms with Crippen LogP contribution in [0, 0.1) is 18.9 Å². The Hall–Kier alpha value is -2.64. The molecule has 0 aromatic heterocycles. The molecule has 0 bridgehead atoms. The first-order valence-electron chi connectivity index (χ1n) is 16.0. The van der Waals surface area contributed by atoms with Crippen LogP contribution in [0.3, 0.4) is 0 Å². The summed E-state index contributed by atoms with van der Waals surface area (Å²) in [5.41, 5.74) is 5.68. The SMILES string of the molecule is C=[C-]C1CCCC1.CC(C)(C)c1ccc2c(c1)[cH-]c1cc(C(C)(C)C)ccc12.[CH2-]c1ccc(C(C)C)cc1.[Hf+4].c1cc[cH-]c1. The number of allylic oxidation sites excluding steroid dienone is 1. The van der Waals surface area contributed by atoms with E-state index in [9.17, 15) is 0 Å². The van der Waals surface area contributed by atoms with Crippen molar-refractivity contribution in [3.8, 4) is 0 Å². The van der Waals surface area contributed by atoms with E-state index in [4.69, 9.17) is 0 Å². The molecule has 5 aromatic carbocycles. The van der Waals surface area contributed by atoms with E-state index in [0.717, 1.165) is 11.5 Å². The first-order chi connectivity index (χ1) is 20.3. The molecular formula is C43H54Hf. The van der Waals surface area contributed by atoms with Crippen LogP contribution in [0.4, 0.5) is 0 Å². The number of hydrogen-bond donors (Lipinski definition) is 0. The molecule has 0 unspecified atom stereocenters. The molecule has 1 fully saturated rings. The summed E-state index contributed by atoms with van der Waals surface area (Å²) in [6, 6.07) is 34.5. The smallest absolute Gasteiger partial charge is 0.501 e. The summed E-state index contributed by atoms with van der Waals surface area (Å²) in [5.74, 6) is 1.36. The monoisotopic (exact) mass is 750 g/mol. The Bertz CT molecular complexity index is 1420. The molecule has 1 aliphatic rings. The minimum absolute atomic E-state index is 0. The van der Waals surface area contributed by atoms with Crippen molar-refractivity contribution in [2.24, 2.45) is 5.92 Å². The Morgan fingerprint density at radius 3 is 1.52 bits per heavy atom. The molecular weight excluding hydrogens is 695 g/mol. The third kappa shape index (κ3) is 11.4. The minimum atomic E-state index is 0. The van der Waals surface area contributed by atoms with Crippen LogP contribution in [0.5, 0.6) is 0 Å². The molecule has 0 N–H and O–H groups in total. The third-order valence-electron chi connectivity index (χ3n) is 8.28. The fourth-order valence-corrected chi connectivity index (χ4v) is 5.31. The summed E-state index contributed by atoms with van der Waals surface area (Å²) in [6.45, 7) is 25.5. The van der Waals surface area contributed by atoms with Crippen molar-refractivity contribution in [1.29, 1.82) is 0 Å². The molecule has 6 rings (SSSR count). The van der Waals surface area contributed by atoms with E-state index >= 15 is 0 Å². The number of hydrogen-bond acceptors (Lipinski definition) is 0. The summed E-state index contributed by atoms with van der Waals surface area (Å²) in [6.07, 6.45) is 8.48. The number of rotatable bonds is 2. The second-order valence-electron chi connectivity index (χ2n) is 14.3. The molecule has 0 atom stereocenters.